The molecule has 1 unspecified atom stereocenters. The highest BCUT2D eigenvalue weighted by atomic mass is 16.6. The number of amides is 1. The van der Waals surface area contributed by atoms with Crippen molar-refractivity contribution >= 4 is 17.6 Å². The Morgan fingerprint density at radius 3 is 2.22 bits per heavy atom. The second-order valence-electron chi connectivity index (χ2n) is 5.93. The third kappa shape index (κ3) is 6.10. The van der Waals surface area contributed by atoms with E-state index in [1.165, 1.54) is 24.3 Å². The fraction of sp³-hybridized carbons (Fsp3) is 0.263. The number of nitrogens with one attached hydrogen (secondary N) is 1. The molecule has 0 saturated carbocycles. The highest BCUT2D eigenvalue weighted by Crippen LogP contribution is 2.14. The zero-order valence-electron chi connectivity index (χ0n) is 14.8. The molecule has 0 aliphatic heterocycles. The normalized spacial score (nSPS) is 11.4. The molecule has 2 N–H and O–H groups in total. The van der Waals surface area contributed by atoms with E-state index in [0.29, 0.717) is 12.0 Å². The molecule has 8 nitrogen and oxygen atoms in total. The molecule has 0 saturated heterocycles. The number of carbonyl (C=O) groups is 2. The lowest BCUT2D eigenvalue weighted by Crippen LogP contribution is -2.42. The zero-order valence-corrected chi connectivity index (χ0v) is 14.8. The first kappa shape index (κ1) is 19.9. The van der Waals surface area contributed by atoms with E-state index in [1.54, 1.807) is 19.2 Å². The molecule has 2 aromatic rings. The average Bonchev–Trinajstić information content (AvgIpc) is 2.66. The van der Waals surface area contributed by atoms with E-state index in [9.17, 15) is 24.8 Å². The molecule has 1 amide bonds. The molecule has 2 rings (SSSR count). The number of methoxy groups -OCH3 is 1. The predicted octanol–water partition coefficient (Wildman–Crippen LogP) is 2.35. The third-order valence-corrected chi connectivity index (χ3v) is 4.02. The van der Waals surface area contributed by atoms with Crippen molar-refractivity contribution in [3.63, 3.8) is 0 Å². The van der Waals surface area contributed by atoms with Crippen molar-refractivity contribution in [3.05, 3.63) is 69.8 Å². The second-order valence-corrected chi connectivity index (χ2v) is 5.93. The van der Waals surface area contributed by atoms with Gasteiger partial charge >= 0.3 is 5.97 Å². The summed E-state index contributed by atoms with van der Waals surface area (Å²) in [5.74, 6) is -0.816. The van der Waals surface area contributed by atoms with Crippen molar-refractivity contribution in [2.24, 2.45) is 0 Å². The van der Waals surface area contributed by atoms with Crippen molar-refractivity contribution in [3.8, 4) is 5.75 Å². The van der Waals surface area contributed by atoms with Gasteiger partial charge in [-0.3, -0.25) is 14.9 Å². The summed E-state index contributed by atoms with van der Waals surface area (Å²) in [6.07, 6.45) is 0.664. The number of nitrogens with zero attached hydrogens (tertiary/aromatic N) is 1. The van der Waals surface area contributed by atoms with Crippen LogP contribution in [0.15, 0.2) is 48.5 Å². The Kier molecular flexibility index (Phi) is 6.87. The van der Waals surface area contributed by atoms with Gasteiger partial charge in [0.1, 0.15) is 11.8 Å². The minimum absolute atomic E-state index is 0.0433. The summed E-state index contributed by atoms with van der Waals surface area (Å²) < 4.78 is 5.07. The Morgan fingerprint density at radius 2 is 1.70 bits per heavy atom. The molecule has 8 heteroatoms. The summed E-state index contributed by atoms with van der Waals surface area (Å²) in [5, 5.41) is 22.5. The summed E-state index contributed by atoms with van der Waals surface area (Å²) in [5.41, 5.74) is 1.45. The number of rotatable bonds is 9. The van der Waals surface area contributed by atoms with Gasteiger partial charge in [-0.25, -0.2) is 4.79 Å². The fourth-order valence-corrected chi connectivity index (χ4v) is 2.51. The van der Waals surface area contributed by atoms with Gasteiger partial charge in [0.15, 0.2) is 0 Å². The lowest BCUT2D eigenvalue weighted by atomic mass is 10.0. The number of ether oxygens (including phenoxy) is 1. The lowest BCUT2D eigenvalue weighted by Gasteiger charge is -2.14. The van der Waals surface area contributed by atoms with E-state index in [0.717, 1.165) is 11.3 Å². The van der Waals surface area contributed by atoms with Gasteiger partial charge < -0.3 is 15.2 Å². The summed E-state index contributed by atoms with van der Waals surface area (Å²) in [4.78, 5) is 33.7. The van der Waals surface area contributed by atoms with Crippen LogP contribution in [-0.4, -0.2) is 35.1 Å². The predicted molar refractivity (Wildman–Crippen MR) is 97.7 cm³/mol. The number of carboxylic acids is 1. The Balaban J connectivity index is 1.91. The van der Waals surface area contributed by atoms with Crippen LogP contribution in [0.2, 0.25) is 0 Å². The molecule has 142 valence electrons. The molecule has 0 aliphatic rings. The van der Waals surface area contributed by atoms with Crippen molar-refractivity contribution in [1.29, 1.82) is 0 Å². The number of aliphatic carboxylic acids is 1. The van der Waals surface area contributed by atoms with E-state index in [2.05, 4.69) is 5.32 Å². The van der Waals surface area contributed by atoms with Crippen molar-refractivity contribution in [2.45, 2.75) is 25.3 Å². The summed E-state index contributed by atoms with van der Waals surface area (Å²) in [6, 6.07) is 11.8. The van der Waals surface area contributed by atoms with Gasteiger partial charge in [0.25, 0.3) is 5.69 Å². The number of nitro groups is 1. The Labute approximate surface area is 155 Å². The highest BCUT2D eigenvalue weighted by Gasteiger charge is 2.20. The Bertz CT molecular complexity index is 802. The minimum Gasteiger partial charge on any atom is -0.497 e. The summed E-state index contributed by atoms with van der Waals surface area (Å²) in [6.45, 7) is 0. The fourth-order valence-electron chi connectivity index (χ4n) is 2.51. The first-order valence-electron chi connectivity index (χ1n) is 8.27. The molecule has 27 heavy (non-hydrogen) atoms. The van der Waals surface area contributed by atoms with E-state index < -0.39 is 16.9 Å². The van der Waals surface area contributed by atoms with Gasteiger partial charge in [0.05, 0.1) is 12.0 Å². The number of carbonyl (C=O) groups excluding carboxylic acids is 1. The molecule has 0 bridgehead atoms. The van der Waals surface area contributed by atoms with Crippen LogP contribution in [0.4, 0.5) is 5.69 Å². The van der Waals surface area contributed by atoms with E-state index >= 15 is 0 Å². The summed E-state index contributed by atoms with van der Waals surface area (Å²) >= 11 is 0. The third-order valence-electron chi connectivity index (χ3n) is 4.02. The number of non-ortho nitro benzene ring substituents is 1. The number of hydrogen-bond acceptors (Lipinski definition) is 5. The topological polar surface area (TPSA) is 119 Å². The van der Waals surface area contributed by atoms with E-state index in [4.69, 9.17) is 4.74 Å². The minimum atomic E-state index is -1.16. The van der Waals surface area contributed by atoms with Crippen LogP contribution in [-0.2, 0) is 22.4 Å². The van der Waals surface area contributed by atoms with Gasteiger partial charge in [-0.05, 0) is 29.7 Å². The Hall–Kier alpha value is -3.42. The molecule has 0 fully saturated rings. The number of benzene rings is 2. The smallest absolute Gasteiger partial charge is 0.326 e. The number of carboxylic acid groups (broad SMARTS) is 1. The number of aryl methyl sites for hydroxylation is 1. The molecule has 1 atom stereocenters. The molecular formula is C19H20N2O6. The van der Waals surface area contributed by atoms with Crippen LogP contribution in [0.25, 0.3) is 0 Å². The number of nitro benzene ring substituents is 1. The van der Waals surface area contributed by atoms with Crippen LogP contribution >= 0.6 is 0 Å². The van der Waals surface area contributed by atoms with E-state index in [-0.39, 0.29) is 24.4 Å². The molecule has 0 radical (unpaired) electrons. The molecule has 0 aromatic heterocycles. The van der Waals surface area contributed by atoms with Gasteiger partial charge in [-0.1, -0.05) is 24.3 Å². The maximum absolute atomic E-state index is 12.1. The van der Waals surface area contributed by atoms with Crippen LogP contribution in [0.3, 0.4) is 0 Å². The first-order chi connectivity index (χ1) is 12.9. The first-order valence-corrected chi connectivity index (χ1v) is 8.27. The lowest BCUT2D eigenvalue weighted by molar-refractivity contribution is -0.384. The SMILES string of the molecule is COc1ccc(CCC(=O)NC(Cc2ccc([N+](=O)[O-])cc2)C(=O)O)cc1. The van der Waals surface area contributed by atoms with E-state index in [1.807, 2.05) is 12.1 Å². The van der Waals surface area contributed by atoms with Crippen molar-refractivity contribution in [1.82, 2.24) is 5.32 Å². The Morgan fingerprint density at radius 1 is 1.11 bits per heavy atom. The van der Waals surface area contributed by atoms with Gasteiger partial charge in [-0.2, -0.15) is 0 Å². The van der Waals surface area contributed by atoms with Crippen LogP contribution in [0.5, 0.6) is 5.75 Å². The maximum Gasteiger partial charge on any atom is 0.326 e. The maximum atomic E-state index is 12.1. The van der Waals surface area contributed by atoms with Crippen LogP contribution in [0, 0.1) is 10.1 Å². The average molecular weight is 372 g/mol. The monoisotopic (exact) mass is 372 g/mol. The molecular weight excluding hydrogens is 352 g/mol. The molecule has 2 aromatic carbocycles. The summed E-state index contributed by atoms with van der Waals surface area (Å²) in [7, 11) is 1.57. The highest BCUT2D eigenvalue weighted by molar-refractivity contribution is 5.83. The molecule has 0 spiro atoms. The quantitative estimate of drug-likeness (QED) is 0.515. The molecule has 0 aliphatic carbocycles. The number of hydrogen-bond donors (Lipinski definition) is 2. The van der Waals surface area contributed by atoms with Gasteiger partial charge in [-0.15, -0.1) is 0 Å². The largest absolute Gasteiger partial charge is 0.497 e. The zero-order chi connectivity index (χ0) is 19.8. The van der Waals surface area contributed by atoms with Crippen LogP contribution < -0.4 is 10.1 Å². The van der Waals surface area contributed by atoms with Crippen LogP contribution in [0.1, 0.15) is 17.5 Å². The van der Waals surface area contributed by atoms with Crippen molar-refractivity contribution < 1.29 is 24.4 Å². The molecule has 0 heterocycles. The van der Waals surface area contributed by atoms with Gasteiger partial charge in [0, 0.05) is 25.0 Å². The standard InChI is InChI=1S/C19H20N2O6/c1-27-16-9-4-13(5-10-16)6-11-18(22)20-17(19(23)24)12-14-2-7-15(8-3-14)21(25)26/h2-5,7-10,17H,6,11-12H2,1H3,(H,20,22)(H,23,24). The van der Waals surface area contributed by atoms with Gasteiger partial charge in [0.2, 0.25) is 5.91 Å². The van der Waals surface area contributed by atoms with Crippen molar-refractivity contribution in [2.75, 3.05) is 7.11 Å². The second kappa shape index (κ2) is 9.33.